The Morgan fingerprint density at radius 1 is 1.14 bits per heavy atom. The lowest BCUT2D eigenvalue weighted by Crippen LogP contribution is -2.43. The van der Waals surface area contributed by atoms with Crippen LogP contribution in [-0.2, 0) is 11.3 Å². The van der Waals surface area contributed by atoms with Crippen LogP contribution >= 0.6 is 0 Å². The Labute approximate surface area is 175 Å². The first-order valence-electron chi connectivity index (χ1n) is 10.8. The van der Waals surface area contributed by atoms with Crippen molar-refractivity contribution in [2.24, 2.45) is 10.4 Å². The maximum atomic E-state index is 5.63. The largest absolute Gasteiger partial charge is 0.382 e. The molecule has 1 aromatic heterocycles. The number of benzene rings is 1. The molecule has 29 heavy (non-hydrogen) atoms. The monoisotopic (exact) mass is 394 g/mol. The third-order valence-corrected chi connectivity index (χ3v) is 5.85. The zero-order chi connectivity index (χ0) is 20.4. The Hall–Kier alpha value is -2.40. The molecule has 0 atom stereocenters. The number of nitrogens with one attached hydrogen (secondary N) is 2. The molecular weight excluding hydrogens is 360 g/mol. The van der Waals surface area contributed by atoms with E-state index in [-0.39, 0.29) is 0 Å². The van der Waals surface area contributed by atoms with Gasteiger partial charge >= 0.3 is 0 Å². The van der Waals surface area contributed by atoms with Crippen molar-refractivity contribution in [3.8, 4) is 11.3 Å². The summed E-state index contributed by atoms with van der Waals surface area (Å²) in [5.41, 5.74) is 3.68. The molecule has 0 unspecified atom stereocenters. The fraction of sp³-hybridized carbons (Fsp3) is 0.500. The number of aliphatic imine (C=N–C) groups is 1. The first kappa shape index (κ1) is 21.3. The Bertz CT molecular complexity index is 769. The number of guanidine groups is 1. The van der Waals surface area contributed by atoms with Crippen LogP contribution in [0.1, 0.15) is 44.6 Å². The van der Waals surface area contributed by atoms with Crippen molar-refractivity contribution < 1.29 is 4.74 Å². The highest BCUT2D eigenvalue weighted by molar-refractivity contribution is 5.79. The molecule has 1 fully saturated rings. The second-order valence-corrected chi connectivity index (χ2v) is 7.85. The molecule has 3 rings (SSSR count). The minimum Gasteiger partial charge on any atom is -0.382 e. The van der Waals surface area contributed by atoms with E-state index < -0.39 is 0 Å². The van der Waals surface area contributed by atoms with Gasteiger partial charge in [-0.15, -0.1) is 0 Å². The predicted molar refractivity (Wildman–Crippen MR) is 120 cm³/mol. The van der Waals surface area contributed by atoms with Gasteiger partial charge in [-0.25, -0.2) is 0 Å². The fourth-order valence-electron chi connectivity index (χ4n) is 4.12. The standard InChI is InChI=1S/C24H34N4O/c1-3-29-16-14-24(12-5-6-13-24)19-28-23(25-2)27-18-20-9-8-10-21(17-20)22-11-4-7-15-26-22/h4,7-11,15,17H,3,5-6,12-14,16,18-19H2,1-2H3,(H2,25,27,28). The highest BCUT2D eigenvalue weighted by atomic mass is 16.5. The number of hydrogen-bond donors (Lipinski definition) is 2. The van der Waals surface area contributed by atoms with E-state index in [2.05, 4.69) is 51.8 Å². The van der Waals surface area contributed by atoms with Crippen molar-refractivity contribution in [2.75, 3.05) is 26.8 Å². The average molecular weight is 395 g/mol. The third kappa shape index (κ3) is 6.29. The van der Waals surface area contributed by atoms with Gasteiger partial charge in [0.15, 0.2) is 5.96 Å². The van der Waals surface area contributed by atoms with Crippen LogP contribution in [0, 0.1) is 5.41 Å². The number of rotatable bonds is 9. The minimum atomic E-state index is 0.339. The molecule has 1 aromatic carbocycles. The van der Waals surface area contributed by atoms with E-state index in [0.717, 1.165) is 49.9 Å². The zero-order valence-corrected chi connectivity index (χ0v) is 17.8. The molecule has 0 bridgehead atoms. The van der Waals surface area contributed by atoms with Gasteiger partial charge in [-0.05, 0) is 55.4 Å². The van der Waals surface area contributed by atoms with E-state index >= 15 is 0 Å². The van der Waals surface area contributed by atoms with Crippen molar-refractivity contribution >= 4 is 5.96 Å². The average Bonchev–Trinajstić information content (AvgIpc) is 3.24. The van der Waals surface area contributed by atoms with Gasteiger partial charge < -0.3 is 15.4 Å². The first-order valence-corrected chi connectivity index (χ1v) is 10.8. The molecule has 0 amide bonds. The summed E-state index contributed by atoms with van der Waals surface area (Å²) >= 11 is 0. The number of ether oxygens (including phenoxy) is 1. The smallest absolute Gasteiger partial charge is 0.191 e. The van der Waals surface area contributed by atoms with Crippen LogP contribution in [0.15, 0.2) is 53.7 Å². The van der Waals surface area contributed by atoms with E-state index in [4.69, 9.17) is 4.74 Å². The molecule has 1 heterocycles. The van der Waals surface area contributed by atoms with Gasteiger partial charge in [-0.2, -0.15) is 0 Å². The lowest BCUT2D eigenvalue weighted by atomic mass is 9.83. The molecule has 1 aliphatic carbocycles. The topological polar surface area (TPSA) is 58.5 Å². The molecule has 5 heteroatoms. The Balaban J connectivity index is 1.54. The first-order chi connectivity index (χ1) is 14.2. The highest BCUT2D eigenvalue weighted by Gasteiger charge is 2.33. The molecule has 156 valence electrons. The quantitative estimate of drug-likeness (QED) is 0.376. The van der Waals surface area contributed by atoms with Crippen LogP contribution < -0.4 is 10.6 Å². The van der Waals surface area contributed by atoms with E-state index in [1.54, 1.807) is 0 Å². The maximum Gasteiger partial charge on any atom is 0.191 e. The summed E-state index contributed by atoms with van der Waals surface area (Å²) in [6, 6.07) is 14.5. The van der Waals surface area contributed by atoms with Gasteiger partial charge in [0.05, 0.1) is 5.69 Å². The zero-order valence-electron chi connectivity index (χ0n) is 17.8. The molecule has 0 saturated heterocycles. The van der Waals surface area contributed by atoms with Gasteiger partial charge in [0.25, 0.3) is 0 Å². The SMILES string of the molecule is CCOCCC1(CNC(=NC)NCc2cccc(-c3ccccn3)c2)CCCC1. The lowest BCUT2D eigenvalue weighted by Gasteiger charge is -2.30. The fourth-order valence-corrected chi connectivity index (χ4v) is 4.12. The normalized spacial score (nSPS) is 16.0. The molecule has 1 aliphatic rings. The van der Waals surface area contributed by atoms with Crippen LogP contribution in [0.3, 0.4) is 0 Å². The Morgan fingerprint density at radius 2 is 2.00 bits per heavy atom. The number of aromatic nitrogens is 1. The molecule has 2 aromatic rings. The van der Waals surface area contributed by atoms with Crippen LogP contribution in [-0.4, -0.2) is 37.7 Å². The van der Waals surface area contributed by atoms with Crippen molar-refractivity contribution in [3.63, 3.8) is 0 Å². The number of pyridine rings is 1. The van der Waals surface area contributed by atoms with E-state index in [0.29, 0.717) is 5.41 Å². The highest BCUT2D eigenvalue weighted by Crippen LogP contribution is 2.40. The summed E-state index contributed by atoms with van der Waals surface area (Å²) in [4.78, 5) is 8.87. The van der Waals surface area contributed by atoms with Crippen molar-refractivity contribution in [1.29, 1.82) is 0 Å². The van der Waals surface area contributed by atoms with Crippen molar-refractivity contribution in [1.82, 2.24) is 15.6 Å². The van der Waals surface area contributed by atoms with Gasteiger partial charge in [0, 0.05) is 45.1 Å². The second kappa shape index (κ2) is 11.0. The van der Waals surface area contributed by atoms with Crippen molar-refractivity contribution in [2.45, 2.75) is 45.6 Å². The van der Waals surface area contributed by atoms with Gasteiger partial charge in [-0.1, -0.05) is 37.1 Å². The summed E-state index contributed by atoms with van der Waals surface area (Å²) in [7, 11) is 1.83. The molecule has 5 nitrogen and oxygen atoms in total. The molecular formula is C24H34N4O. The summed E-state index contributed by atoms with van der Waals surface area (Å²) < 4.78 is 5.63. The van der Waals surface area contributed by atoms with Crippen LogP contribution in [0.5, 0.6) is 0 Å². The van der Waals surface area contributed by atoms with Gasteiger partial charge in [0.1, 0.15) is 0 Å². The third-order valence-electron chi connectivity index (χ3n) is 5.85. The van der Waals surface area contributed by atoms with Crippen molar-refractivity contribution in [3.05, 3.63) is 54.2 Å². The predicted octanol–water partition coefficient (Wildman–Crippen LogP) is 4.40. The summed E-state index contributed by atoms with van der Waals surface area (Å²) in [5, 5.41) is 7.03. The Kier molecular flexibility index (Phi) is 8.05. The molecule has 1 saturated carbocycles. The summed E-state index contributed by atoms with van der Waals surface area (Å²) in [6.07, 6.45) is 8.14. The summed E-state index contributed by atoms with van der Waals surface area (Å²) in [6.45, 7) is 5.39. The van der Waals surface area contributed by atoms with Crippen LogP contribution in [0.2, 0.25) is 0 Å². The minimum absolute atomic E-state index is 0.339. The lowest BCUT2D eigenvalue weighted by molar-refractivity contribution is 0.105. The van der Waals surface area contributed by atoms with Gasteiger partial charge in [0.2, 0.25) is 0 Å². The molecule has 0 spiro atoms. The molecule has 0 radical (unpaired) electrons. The van der Waals surface area contributed by atoms with E-state index in [9.17, 15) is 0 Å². The van der Waals surface area contributed by atoms with Gasteiger partial charge in [-0.3, -0.25) is 9.98 Å². The maximum absolute atomic E-state index is 5.63. The van der Waals surface area contributed by atoms with E-state index in [1.807, 2.05) is 31.4 Å². The Morgan fingerprint density at radius 3 is 2.72 bits per heavy atom. The molecule has 0 aliphatic heterocycles. The van der Waals surface area contributed by atoms with Crippen LogP contribution in [0.25, 0.3) is 11.3 Å². The molecule has 2 N–H and O–H groups in total. The second-order valence-electron chi connectivity index (χ2n) is 7.85. The number of hydrogen-bond acceptors (Lipinski definition) is 3. The summed E-state index contributed by atoms with van der Waals surface area (Å²) in [5.74, 6) is 0.857. The van der Waals surface area contributed by atoms with E-state index in [1.165, 1.54) is 31.2 Å². The van der Waals surface area contributed by atoms with Crippen LogP contribution in [0.4, 0.5) is 0 Å². The number of nitrogens with zero attached hydrogens (tertiary/aromatic N) is 2.